The van der Waals surface area contributed by atoms with Crippen LogP contribution in [-0.4, -0.2) is 49.8 Å². The Balaban J connectivity index is 2.43. The molecule has 0 saturated carbocycles. The summed E-state index contributed by atoms with van der Waals surface area (Å²) < 4.78 is 5.26. The number of amides is 1. The van der Waals surface area contributed by atoms with Crippen LogP contribution >= 0.6 is 0 Å². The molecule has 0 aromatic heterocycles. The molecule has 2 atom stereocenters. The lowest BCUT2D eigenvalue weighted by atomic mass is 9.88. The molecule has 1 rings (SSSR count). The van der Waals surface area contributed by atoms with Gasteiger partial charge < -0.3 is 20.7 Å². The maximum absolute atomic E-state index is 11.7. The van der Waals surface area contributed by atoms with E-state index in [1.54, 1.807) is 0 Å². The molecule has 0 aliphatic carbocycles. The molecule has 0 aromatic carbocycles. The SMILES string of the molecule is CN1CC[C@H](CN)[C@H](CNC(=O)OC(C)(C)C)CC1. The molecule has 112 valence electrons. The Bertz CT molecular complexity index is 289. The standard InChI is InChI=1S/C14H29N3O2/c1-14(2,3)19-13(18)16-10-12-6-8-17(4)7-5-11(12)9-15/h11-12H,5-10,15H2,1-4H3,(H,16,18)/t11-,12+/m1/s1. The Morgan fingerprint density at radius 1 is 1.32 bits per heavy atom. The minimum Gasteiger partial charge on any atom is -0.444 e. The molecule has 1 aliphatic rings. The number of hydrogen-bond acceptors (Lipinski definition) is 4. The third-order valence-corrected chi connectivity index (χ3v) is 3.64. The van der Waals surface area contributed by atoms with Gasteiger partial charge in [0.1, 0.15) is 5.60 Å². The molecule has 5 nitrogen and oxygen atoms in total. The number of nitrogens with two attached hydrogens (primary N) is 1. The number of nitrogens with one attached hydrogen (secondary N) is 1. The maximum Gasteiger partial charge on any atom is 0.407 e. The van der Waals surface area contributed by atoms with Gasteiger partial charge in [0.25, 0.3) is 0 Å². The monoisotopic (exact) mass is 271 g/mol. The summed E-state index contributed by atoms with van der Waals surface area (Å²) in [6.45, 7) is 9.11. The van der Waals surface area contributed by atoms with Gasteiger partial charge in [-0.2, -0.15) is 0 Å². The number of hydrogen-bond donors (Lipinski definition) is 2. The van der Waals surface area contributed by atoms with Gasteiger partial charge in [-0.3, -0.25) is 0 Å². The molecule has 5 heteroatoms. The minimum atomic E-state index is -0.443. The van der Waals surface area contributed by atoms with Crippen LogP contribution in [0.5, 0.6) is 0 Å². The number of carbonyl (C=O) groups excluding carboxylic acids is 1. The van der Waals surface area contributed by atoms with E-state index < -0.39 is 5.60 Å². The first-order valence-corrected chi connectivity index (χ1v) is 7.17. The van der Waals surface area contributed by atoms with E-state index in [9.17, 15) is 4.79 Å². The highest BCUT2D eigenvalue weighted by Gasteiger charge is 2.25. The van der Waals surface area contributed by atoms with Gasteiger partial charge in [-0.05, 0) is 72.1 Å². The van der Waals surface area contributed by atoms with Crippen LogP contribution in [0.4, 0.5) is 4.79 Å². The summed E-state index contributed by atoms with van der Waals surface area (Å²) in [5.41, 5.74) is 5.41. The summed E-state index contributed by atoms with van der Waals surface area (Å²) in [5, 5.41) is 2.88. The van der Waals surface area contributed by atoms with E-state index in [1.807, 2.05) is 20.8 Å². The van der Waals surface area contributed by atoms with Gasteiger partial charge in [-0.1, -0.05) is 0 Å². The first-order valence-electron chi connectivity index (χ1n) is 7.17. The lowest BCUT2D eigenvalue weighted by molar-refractivity contribution is 0.0512. The zero-order valence-electron chi connectivity index (χ0n) is 12.7. The normalized spacial score (nSPS) is 25.7. The molecular weight excluding hydrogens is 242 g/mol. The quantitative estimate of drug-likeness (QED) is 0.815. The summed E-state index contributed by atoms with van der Waals surface area (Å²) in [5.74, 6) is 0.933. The number of alkyl carbamates (subject to hydrolysis) is 1. The molecule has 1 amide bonds. The molecular formula is C14H29N3O2. The van der Waals surface area contributed by atoms with E-state index in [1.165, 1.54) is 0 Å². The lowest BCUT2D eigenvalue weighted by Crippen LogP contribution is -2.38. The van der Waals surface area contributed by atoms with Crippen LogP contribution in [-0.2, 0) is 4.74 Å². The Hall–Kier alpha value is -0.810. The predicted octanol–water partition coefficient (Wildman–Crippen LogP) is 1.43. The van der Waals surface area contributed by atoms with Crippen molar-refractivity contribution in [1.29, 1.82) is 0 Å². The van der Waals surface area contributed by atoms with Crippen molar-refractivity contribution >= 4 is 6.09 Å². The molecule has 0 spiro atoms. The van der Waals surface area contributed by atoms with Crippen molar-refractivity contribution in [3.63, 3.8) is 0 Å². The fraction of sp³-hybridized carbons (Fsp3) is 0.929. The van der Waals surface area contributed by atoms with Gasteiger partial charge in [0, 0.05) is 6.54 Å². The number of nitrogens with zero attached hydrogens (tertiary/aromatic N) is 1. The average Bonchev–Trinajstić information content (AvgIpc) is 2.46. The minimum absolute atomic E-state index is 0.333. The second-order valence-corrected chi connectivity index (χ2v) is 6.52. The van der Waals surface area contributed by atoms with E-state index in [-0.39, 0.29) is 6.09 Å². The van der Waals surface area contributed by atoms with Crippen molar-refractivity contribution in [2.45, 2.75) is 39.2 Å². The fourth-order valence-corrected chi connectivity index (χ4v) is 2.46. The van der Waals surface area contributed by atoms with Gasteiger partial charge in [0.05, 0.1) is 0 Å². The fourth-order valence-electron chi connectivity index (χ4n) is 2.46. The highest BCUT2D eigenvalue weighted by molar-refractivity contribution is 5.67. The lowest BCUT2D eigenvalue weighted by Gasteiger charge is -2.25. The number of rotatable bonds is 3. The molecule has 19 heavy (non-hydrogen) atoms. The van der Waals surface area contributed by atoms with E-state index in [2.05, 4.69) is 17.3 Å². The molecule has 1 saturated heterocycles. The highest BCUT2D eigenvalue weighted by Crippen LogP contribution is 2.22. The summed E-state index contributed by atoms with van der Waals surface area (Å²) in [7, 11) is 2.14. The van der Waals surface area contributed by atoms with Gasteiger partial charge in [0.15, 0.2) is 0 Å². The van der Waals surface area contributed by atoms with Gasteiger partial charge in [-0.25, -0.2) is 4.79 Å². The Kier molecular flexibility index (Phi) is 6.07. The summed E-state index contributed by atoms with van der Waals surface area (Å²) in [4.78, 5) is 14.0. The van der Waals surface area contributed by atoms with Crippen LogP contribution in [0.15, 0.2) is 0 Å². The highest BCUT2D eigenvalue weighted by atomic mass is 16.6. The van der Waals surface area contributed by atoms with E-state index in [0.717, 1.165) is 25.9 Å². The van der Waals surface area contributed by atoms with Crippen molar-refractivity contribution in [2.75, 3.05) is 33.2 Å². The third kappa shape index (κ3) is 6.25. The Morgan fingerprint density at radius 2 is 1.89 bits per heavy atom. The third-order valence-electron chi connectivity index (χ3n) is 3.64. The number of ether oxygens (including phenoxy) is 1. The topological polar surface area (TPSA) is 67.6 Å². The summed E-state index contributed by atoms with van der Waals surface area (Å²) >= 11 is 0. The Morgan fingerprint density at radius 3 is 2.42 bits per heavy atom. The maximum atomic E-state index is 11.7. The van der Waals surface area contributed by atoms with Crippen LogP contribution < -0.4 is 11.1 Å². The second kappa shape index (κ2) is 7.10. The Labute approximate surface area is 116 Å². The van der Waals surface area contributed by atoms with E-state index >= 15 is 0 Å². The second-order valence-electron chi connectivity index (χ2n) is 6.52. The molecule has 0 bridgehead atoms. The van der Waals surface area contributed by atoms with Crippen molar-refractivity contribution in [3.8, 4) is 0 Å². The molecule has 1 fully saturated rings. The smallest absolute Gasteiger partial charge is 0.407 e. The average molecular weight is 271 g/mol. The van der Waals surface area contributed by atoms with Crippen LogP contribution in [0.3, 0.4) is 0 Å². The van der Waals surface area contributed by atoms with Gasteiger partial charge in [0.2, 0.25) is 0 Å². The van der Waals surface area contributed by atoms with Crippen LogP contribution in [0.2, 0.25) is 0 Å². The number of carbonyl (C=O) groups is 1. The van der Waals surface area contributed by atoms with Crippen LogP contribution in [0.1, 0.15) is 33.6 Å². The number of likely N-dealkylation sites (tertiary alicyclic amines) is 1. The van der Waals surface area contributed by atoms with Crippen molar-refractivity contribution in [2.24, 2.45) is 17.6 Å². The van der Waals surface area contributed by atoms with Gasteiger partial charge in [-0.15, -0.1) is 0 Å². The predicted molar refractivity (Wildman–Crippen MR) is 77.0 cm³/mol. The first kappa shape index (κ1) is 16.2. The molecule has 0 radical (unpaired) electrons. The molecule has 0 aromatic rings. The zero-order chi connectivity index (χ0) is 14.5. The molecule has 3 N–H and O–H groups in total. The van der Waals surface area contributed by atoms with E-state index in [4.69, 9.17) is 10.5 Å². The molecule has 0 unspecified atom stereocenters. The van der Waals surface area contributed by atoms with Crippen molar-refractivity contribution in [3.05, 3.63) is 0 Å². The summed E-state index contributed by atoms with van der Waals surface area (Å²) in [6, 6.07) is 0. The van der Waals surface area contributed by atoms with Crippen molar-refractivity contribution in [1.82, 2.24) is 10.2 Å². The first-order chi connectivity index (χ1) is 8.81. The zero-order valence-corrected chi connectivity index (χ0v) is 12.7. The van der Waals surface area contributed by atoms with Crippen LogP contribution in [0.25, 0.3) is 0 Å². The summed E-state index contributed by atoms with van der Waals surface area (Å²) in [6.07, 6.45) is 1.85. The van der Waals surface area contributed by atoms with Crippen LogP contribution in [0, 0.1) is 11.8 Å². The largest absolute Gasteiger partial charge is 0.444 e. The van der Waals surface area contributed by atoms with Gasteiger partial charge >= 0.3 is 6.09 Å². The van der Waals surface area contributed by atoms with E-state index in [0.29, 0.717) is 24.9 Å². The molecule has 1 heterocycles. The molecule has 1 aliphatic heterocycles. The van der Waals surface area contributed by atoms with Crippen molar-refractivity contribution < 1.29 is 9.53 Å².